The first-order chi connectivity index (χ1) is 17.5. The first kappa shape index (κ1) is 25.0. The molecule has 0 bridgehead atoms. The van der Waals surface area contributed by atoms with Gasteiger partial charge >= 0.3 is 5.63 Å². The highest BCUT2D eigenvalue weighted by Crippen LogP contribution is 2.48. The summed E-state index contributed by atoms with van der Waals surface area (Å²) in [7, 11) is 2.93. The second kappa shape index (κ2) is 8.74. The van der Waals surface area contributed by atoms with Crippen LogP contribution in [0.25, 0.3) is 38.6 Å². The Morgan fingerprint density at radius 3 is 2.32 bits per heavy atom. The van der Waals surface area contributed by atoms with Crippen LogP contribution < -0.4 is 15.1 Å². The Labute approximate surface area is 211 Å². The van der Waals surface area contributed by atoms with Crippen molar-refractivity contribution in [1.82, 2.24) is 0 Å². The molecule has 0 radical (unpaired) electrons. The predicted octanol–water partition coefficient (Wildman–Crippen LogP) is 3.40. The van der Waals surface area contributed by atoms with Crippen molar-refractivity contribution in [3.8, 4) is 17.2 Å². The number of hydrogen-bond donors (Lipinski definition) is 4. The largest absolute Gasteiger partial charge is 0.507 e. The lowest BCUT2D eigenvalue weighted by molar-refractivity contribution is -0.261. The summed E-state index contributed by atoms with van der Waals surface area (Å²) in [6.45, 7) is 6.67. The zero-order valence-electron chi connectivity index (χ0n) is 20.8. The summed E-state index contributed by atoms with van der Waals surface area (Å²) in [5, 5.41) is 44.9. The highest BCUT2D eigenvalue weighted by molar-refractivity contribution is 6.19. The molecule has 4 N–H and O–H groups in total. The zero-order valence-corrected chi connectivity index (χ0v) is 20.8. The summed E-state index contributed by atoms with van der Waals surface area (Å²) in [6.07, 6.45) is -3.29. The third-order valence-corrected chi connectivity index (χ3v) is 7.29. The maximum Gasteiger partial charge on any atom is 0.344 e. The Morgan fingerprint density at radius 1 is 1.00 bits per heavy atom. The first-order valence-electron chi connectivity index (χ1n) is 11.7. The van der Waals surface area contributed by atoms with E-state index in [0.29, 0.717) is 27.6 Å². The van der Waals surface area contributed by atoms with E-state index >= 15 is 0 Å². The van der Waals surface area contributed by atoms with E-state index < -0.39 is 35.6 Å². The maximum absolute atomic E-state index is 13.3. The summed E-state index contributed by atoms with van der Waals surface area (Å²) in [4.78, 5) is 13.3. The number of rotatable bonds is 4. The van der Waals surface area contributed by atoms with Gasteiger partial charge in [-0.1, -0.05) is 18.7 Å². The van der Waals surface area contributed by atoms with Crippen molar-refractivity contribution in [1.29, 1.82) is 0 Å². The van der Waals surface area contributed by atoms with Crippen LogP contribution in [0.15, 0.2) is 46.1 Å². The minimum Gasteiger partial charge on any atom is -0.507 e. The van der Waals surface area contributed by atoms with Crippen LogP contribution in [-0.2, 0) is 4.74 Å². The molecule has 3 aromatic carbocycles. The molecule has 37 heavy (non-hydrogen) atoms. The molecule has 1 aromatic heterocycles. The fourth-order valence-corrected chi connectivity index (χ4v) is 5.28. The van der Waals surface area contributed by atoms with Crippen LogP contribution in [0, 0.1) is 0 Å². The Kier molecular flexibility index (Phi) is 5.91. The van der Waals surface area contributed by atoms with Crippen molar-refractivity contribution in [3.63, 3.8) is 0 Å². The molecule has 0 spiro atoms. The van der Waals surface area contributed by atoms with Crippen LogP contribution >= 0.6 is 0 Å². The van der Waals surface area contributed by atoms with Gasteiger partial charge in [0.15, 0.2) is 0 Å². The first-order valence-corrected chi connectivity index (χ1v) is 11.7. The van der Waals surface area contributed by atoms with Gasteiger partial charge in [-0.25, -0.2) is 4.79 Å². The van der Waals surface area contributed by atoms with Crippen molar-refractivity contribution in [2.24, 2.45) is 0 Å². The van der Waals surface area contributed by atoms with Gasteiger partial charge in [0, 0.05) is 16.2 Å². The molecule has 0 aliphatic carbocycles. The number of aliphatic hydroxyl groups is 3. The molecule has 5 atom stereocenters. The van der Waals surface area contributed by atoms with Crippen LogP contribution in [0.4, 0.5) is 0 Å². The molecule has 1 fully saturated rings. The highest BCUT2D eigenvalue weighted by atomic mass is 16.5. The van der Waals surface area contributed by atoms with Crippen LogP contribution in [0.1, 0.15) is 31.1 Å². The number of phenols is 1. The normalized spacial score (nSPS) is 26.0. The van der Waals surface area contributed by atoms with Crippen LogP contribution in [0.5, 0.6) is 17.2 Å². The average molecular weight is 509 g/mol. The van der Waals surface area contributed by atoms with Crippen molar-refractivity contribution < 1.29 is 39.1 Å². The lowest BCUT2D eigenvalue weighted by atomic mass is 9.80. The van der Waals surface area contributed by atoms with E-state index in [-0.39, 0.29) is 33.2 Å². The van der Waals surface area contributed by atoms with Gasteiger partial charge in [-0.2, -0.15) is 0 Å². The molecule has 1 aliphatic rings. The number of ether oxygens (including phenoxy) is 3. The quantitative estimate of drug-likeness (QED) is 0.241. The monoisotopic (exact) mass is 508 g/mol. The van der Waals surface area contributed by atoms with Gasteiger partial charge < -0.3 is 39.1 Å². The third kappa shape index (κ3) is 3.58. The predicted molar refractivity (Wildman–Crippen MR) is 138 cm³/mol. The Morgan fingerprint density at radius 2 is 1.68 bits per heavy atom. The third-order valence-electron chi connectivity index (χ3n) is 7.29. The molecule has 4 aromatic rings. The van der Waals surface area contributed by atoms with Gasteiger partial charge in [-0.15, -0.1) is 0 Å². The Bertz CT molecular complexity index is 1620. The number of phenolic OH excluding ortho intramolecular Hbond substituents is 1. The molecule has 5 rings (SSSR count). The van der Waals surface area contributed by atoms with E-state index in [1.165, 1.54) is 33.3 Å². The molecule has 2 heterocycles. The lowest BCUT2D eigenvalue weighted by Gasteiger charge is -2.46. The van der Waals surface area contributed by atoms with Crippen molar-refractivity contribution in [2.45, 2.75) is 43.9 Å². The second-order valence-electron chi connectivity index (χ2n) is 9.50. The Balaban J connectivity index is 1.97. The molecule has 194 valence electrons. The second-order valence-corrected chi connectivity index (χ2v) is 9.50. The van der Waals surface area contributed by atoms with E-state index in [9.17, 15) is 25.2 Å². The number of aliphatic hydroxyl groups excluding tert-OH is 2. The summed E-state index contributed by atoms with van der Waals surface area (Å²) in [6, 6.07) is 7.95. The molecule has 0 unspecified atom stereocenters. The minimum absolute atomic E-state index is 0.109. The maximum atomic E-state index is 13.3. The standard InChI is InChI=1S/C28H28O9/c1-6-13-9-16-20(18(10-13)34-4)15-11-19(35-5)22-17(29)8-7-14(21(22)23(15)37-27(16)32)24-26(31)28(3,33)25(30)12(2)36-24/h6-12,24-26,29-31,33H,1H2,2-5H3/t12-,24+,25-,26-,28+/m1/s1. The summed E-state index contributed by atoms with van der Waals surface area (Å²) < 4.78 is 23.1. The molecule has 1 aliphatic heterocycles. The van der Waals surface area contributed by atoms with Gasteiger partial charge in [-0.05, 0) is 49.2 Å². The van der Waals surface area contributed by atoms with Crippen LogP contribution in [-0.4, -0.2) is 58.6 Å². The fraction of sp³-hybridized carbons (Fsp3) is 0.321. The average Bonchev–Trinajstić information content (AvgIpc) is 2.89. The van der Waals surface area contributed by atoms with E-state index in [2.05, 4.69) is 6.58 Å². The van der Waals surface area contributed by atoms with Gasteiger partial charge in [0.2, 0.25) is 0 Å². The molecule has 0 saturated carbocycles. The molecule has 1 saturated heterocycles. The molecular weight excluding hydrogens is 480 g/mol. The topological polar surface area (TPSA) is 139 Å². The molecular formula is C28H28O9. The smallest absolute Gasteiger partial charge is 0.344 e. The minimum atomic E-state index is -1.90. The Hall–Kier alpha value is -3.63. The van der Waals surface area contributed by atoms with Crippen molar-refractivity contribution in [3.05, 3.63) is 58.5 Å². The number of methoxy groups -OCH3 is 2. The van der Waals surface area contributed by atoms with Gasteiger partial charge in [0.25, 0.3) is 0 Å². The van der Waals surface area contributed by atoms with Gasteiger partial charge in [0.1, 0.15) is 46.7 Å². The van der Waals surface area contributed by atoms with Gasteiger partial charge in [0.05, 0.1) is 31.1 Å². The van der Waals surface area contributed by atoms with E-state index in [4.69, 9.17) is 18.6 Å². The summed E-state index contributed by atoms with van der Waals surface area (Å²) in [5.41, 5.74) is -1.45. The number of hydrogen-bond acceptors (Lipinski definition) is 9. The van der Waals surface area contributed by atoms with Gasteiger partial charge in [-0.3, -0.25) is 0 Å². The van der Waals surface area contributed by atoms with Crippen molar-refractivity contribution in [2.75, 3.05) is 14.2 Å². The van der Waals surface area contributed by atoms with E-state index in [1.807, 2.05) is 0 Å². The lowest BCUT2D eigenvalue weighted by Crippen LogP contribution is -2.61. The number of aromatic hydroxyl groups is 1. The molecule has 9 heteroatoms. The summed E-state index contributed by atoms with van der Waals surface area (Å²) in [5.74, 6) is 0.526. The van der Waals surface area contributed by atoms with Crippen LogP contribution in [0.3, 0.4) is 0 Å². The highest BCUT2D eigenvalue weighted by Gasteiger charge is 2.51. The SMILES string of the molecule is C=Cc1cc(OC)c2c(c1)c(=O)oc1c2cc(OC)c2c(O)ccc([C@@H]3O[C@H](C)[C@@H](O)[C@](C)(O)[C@@H]3O)c21. The number of benzene rings is 3. The van der Waals surface area contributed by atoms with E-state index in [1.54, 1.807) is 31.2 Å². The fourth-order valence-electron chi connectivity index (χ4n) is 5.28. The molecule has 0 amide bonds. The summed E-state index contributed by atoms with van der Waals surface area (Å²) >= 11 is 0. The van der Waals surface area contributed by atoms with E-state index in [0.717, 1.165) is 0 Å². The van der Waals surface area contributed by atoms with Crippen molar-refractivity contribution >= 4 is 38.6 Å². The van der Waals surface area contributed by atoms with Crippen LogP contribution in [0.2, 0.25) is 0 Å². The zero-order chi connectivity index (χ0) is 26.8. The molecule has 9 nitrogen and oxygen atoms in total. The number of fused-ring (bicyclic) bond motifs is 5.